The number of amides is 2. The molecule has 0 fully saturated rings. The van der Waals surface area contributed by atoms with Crippen molar-refractivity contribution >= 4 is 11.8 Å². The number of rotatable bonds is 8. The van der Waals surface area contributed by atoms with E-state index in [2.05, 4.69) is 22.4 Å². The van der Waals surface area contributed by atoms with Crippen LogP contribution in [0, 0.1) is 0 Å². The summed E-state index contributed by atoms with van der Waals surface area (Å²) in [5.41, 5.74) is 0.892. The molecule has 7 heteroatoms. The molecule has 1 atom stereocenters. The van der Waals surface area contributed by atoms with Crippen molar-refractivity contribution in [1.82, 2.24) is 15.8 Å². The third-order valence-corrected chi connectivity index (χ3v) is 3.25. The molecule has 7 nitrogen and oxygen atoms in total. The Bertz CT molecular complexity index is 697. The normalized spacial score (nSPS) is 11.5. The first-order valence-corrected chi connectivity index (χ1v) is 7.45. The number of aliphatic hydroxyl groups is 1. The number of aliphatic hydroxyl groups excluding tert-OH is 1. The SMILES string of the molecule is C=CC[C@H](CO)NC(=O)CNC(=O)c1cc(-c2ccccc2)on1. The summed E-state index contributed by atoms with van der Waals surface area (Å²) in [6.07, 6.45) is 2.04. The second-order valence-electron chi connectivity index (χ2n) is 5.10. The second-order valence-corrected chi connectivity index (χ2v) is 5.10. The molecule has 2 amide bonds. The molecule has 126 valence electrons. The molecule has 3 N–H and O–H groups in total. The maximum Gasteiger partial charge on any atom is 0.273 e. The number of nitrogens with zero attached hydrogens (tertiary/aromatic N) is 1. The molecule has 0 unspecified atom stereocenters. The van der Waals surface area contributed by atoms with Crippen molar-refractivity contribution < 1.29 is 19.2 Å². The Morgan fingerprint density at radius 1 is 1.33 bits per heavy atom. The summed E-state index contributed by atoms with van der Waals surface area (Å²) in [4.78, 5) is 23.7. The van der Waals surface area contributed by atoms with Gasteiger partial charge in [0.25, 0.3) is 5.91 Å². The average Bonchev–Trinajstić information content (AvgIpc) is 3.10. The van der Waals surface area contributed by atoms with Crippen molar-refractivity contribution in [2.45, 2.75) is 12.5 Å². The molecule has 0 aliphatic carbocycles. The third kappa shape index (κ3) is 4.79. The van der Waals surface area contributed by atoms with Crippen LogP contribution in [0.25, 0.3) is 11.3 Å². The molecule has 1 aromatic carbocycles. The first kappa shape index (κ1) is 17.4. The molecule has 1 aromatic heterocycles. The molecule has 0 bridgehead atoms. The number of aromatic nitrogens is 1. The zero-order chi connectivity index (χ0) is 17.4. The molecule has 0 aliphatic rings. The highest BCUT2D eigenvalue weighted by molar-refractivity contribution is 5.95. The summed E-state index contributed by atoms with van der Waals surface area (Å²) in [6, 6.07) is 10.3. The van der Waals surface area contributed by atoms with Gasteiger partial charge in [-0.05, 0) is 6.42 Å². The molecule has 0 saturated carbocycles. The fourth-order valence-electron chi connectivity index (χ4n) is 2.03. The molecular formula is C17H19N3O4. The van der Waals surface area contributed by atoms with E-state index in [0.29, 0.717) is 12.2 Å². The first-order valence-electron chi connectivity index (χ1n) is 7.45. The number of carbonyl (C=O) groups is 2. The van der Waals surface area contributed by atoms with Crippen molar-refractivity contribution in [3.05, 3.63) is 54.7 Å². The van der Waals surface area contributed by atoms with Gasteiger partial charge in [0.1, 0.15) is 0 Å². The van der Waals surface area contributed by atoms with Crippen molar-refractivity contribution in [2.24, 2.45) is 0 Å². The van der Waals surface area contributed by atoms with Crippen LogP contribution in [0.3, 0.4) is 0 Å². The van der Waals surface area contributed by atoms with E-state index in [1.807, 2.05) is 30.3 Å². The molecule has 2 rings (SSSR count). The maximum absolute atomic E-state index is 12.0. The Hall–Kier alpha value is -2.93. The number of benzene rings is 1. The van der Waals surface area contributed by atoms with E-state index in [-0.39, 0.29) is 18.8 Å². The predicted molar refractivity (Wildman–Crippen MR) is 88.1 cm³/mol. The van der Waals surface area contributed by atoms with Gasteiger partial charge in [0.15, 0.2) is 11.5 Å². The number of hydrogen-bond donors (Lipinski definition) is 3. The van der Waals surface area contributed by atoms with E-state index in [1.165, 1.54) is 6.07 Å². The van der Waals surface area contributed by atoms with Gasteiger partial charge in [-0.1, -0.05) is 41.6 Å². The van der Waals surface area contributed by atoms with Crippen LogP contribution in [0.2, 0.25) is 0 Å². The van der Waals surface area contributed by atoms with Crippen molar-refractivity contribution in [2.75, 3.05) is 13.2 Å². The average molecular weight is 329 g/mol. The highest BCUT2D eigenvalue weighted by atomic mass is 16.5. The number of hydrogen-bond acceptors (Lipinski definition) is 5. The van der Waals surface area contributed by atoms with Crippen LogP contribution in [0.5, 0.6) is 0 Å². The summed E-state index contributed by atoms with van der Waals surface area (Å²) in [6.45, 7) is 3.12. The molecular weight excluding hydrogens is 310 g/mol. The smallest absolute Gasteiger partial charge is 0.273 e. The summed E-state index contributed by atoms with van der Waals surface area (Å²) in [5, 5.41) is 17.8. The molecule has 1 heterocycles. The van der Waals surface area contributed by atoms with Gasteiger partial charge in [-0.2, -0.15) is 0 Å². The summed E-state index contributed by atoms with van der Waals surface area (Å²) < 4.78 is 5.14. The van der Waals surface area contributed by atoms with Gasteiger partial charge in [0, 0.05) is 11.6 Å². The largest absolute Gasteiger partial charge is 0.394 e. The Morgan fingerprint density at radius 2 is 2.08 bits per heavy atom. The lowest BCUT2D eigenvalue weighted by Crippen LogP contribution is -2.43. The lowest BCUT2D eigenvalue weighted by molar-refractivity contribution is -0.121. The van der Waals surface area contributed by atoms with Crippen molar-refractivity contribution in [3.8, 4) is 11.3 Å². The Labute approximate surface area is 139 Å². The summed E-state index contributed by atoms with van der Waals surface area (Å²) >= 11 is 0. The van der Waals surface area contributed by atoms with Crippen LogP contribution in [0.1, 0.15) is 16.9 Å². The third-order valence-electron chi connectivity index (χ3n) is 3.25. The van der Waals surface area contributed by atoms with Crippen molar-refractivity contribution in [1.29, 1.82) is 0 Å². The van der Waals surface area contributed by atoms with Gasteiger partial charge in [0.05, 0.1) is 19.2 Å². The summed E-state index contributed by atoms with van der Waals surface area (Å²) in [7, 11) is 0. The van der Waals surface area contributed by atoms with Crippen LogP contribution in [-0.4, -0.2) is 41.3 Å². The zero-order valence-corrected chi connectivity index (χ0v) is 13.1. The van der Waals surface area contributed by atoms with E-state index < -0.39 is 17.9 Å². The number of carbonyl (C=O) groups excluding carboxylic acids is 2. The van der Waals surface area contributed by atoms with Crippen LogP contribution in [0.15, 0.2) is 53.6 Å². The lowest BCUT2D eigenvalue weighted by Gasteiger charge is -2.14. The zero-order valence-electron chi connectivity index (χ0n) is 13.1. The van der Waals surface area contributed by atoms with E-state index in [1.54, 1.807) is 6.08 Å². The molecule has 2 aromatic rings. The summed E-state index contributed by atoms with van der Waals surface area (Å²) in [5.74, 6) is -0.451. The molecule has 0 radical (unpaired) electrons. The molecule has 24 heavy (non-hydrogen) atoms. The van der Waals surface area contributed by atoms with Crippen LogP contribution in [-0.2, 0) is 4.79 Å². The topological polar surface area (TPSA) is 104 Å². The molecule has 0 spiro atoms. The first-order chi connectivity index (χ1) is 11.6. The van der Waals surface area contributed by atoms with Crippen LogP contribution in [0.4, 0.5) is 0 Å². The Balaban J connectivity index is 1.88. The fraction of sp³-hybridized carbons (Fsp3) is 0.235. The highest BCUT2D eigenvalue weighted by Crippen LogP contribution is 2.19. The lowest BCUT2D eigenvalue weighted by atomic mass is 10.1. The second kappa shape index (κ2) is 8.64. The monoisotopic (exact) mass is 329 g/mol. The minimum atomic E-state index is -0.514. The van der Waals surface area contributed by atoms with Gasteiger partial charge in [-0.3, -0.25) is 9.59 Å². The van der Waals surface area contributed by atoms with Gasteiger partial charge in [-0.25, -0.2) is 0 Å². The van der Waals surface area contributed by atoms with Crippen molar-refractivity contribution in [3.63, 3.8) is 0 Å². The van der Waals surface area contributed by atoms with Gasteiger partial charge < -0.3 is 20.3 Å². The fourth-order valence-corrected chi connectivity index (χ4v) is 2.03. The minimum Gasteiger partial charge on any atom is -0.394 e. The molecule has 0 aliphatic heterocycles. The van der Waals surface area contributed by atoms with Crippen LogP contribution < -0.4 is 10.6 Å². The van der Waals surface area contributed by atoms with E-state index in [4.69, 9.17) is 9.63 Å². The number of nitrogens with one attached hydrogen (secondary N) is 2. The van der Waals surface area contributed by atoms with E-state index >= 15 is 0 Å². The van der Waals surface area contributed by atoms with Gasteiger partial charge in [-0.15, -0.1) is 6.58 Å². The minimum absolute atomic E-state index is 0.0893. The van der Waals surface area contributed by atoms with Gasteiger partial charge >= 0.3 is 0 Å². The Morgan fingerprint density at radius 3 is 2.75 bits per heavy atom. The predicted octanol–water partition coefficient (Wildman–Crippen LogP) is 1.12. The Kier molecular flexibility index (Phi) is 6.27. The quantitative estimate of drug-likeness (QED) is 0.630. The van der Waals surface area contributed by atoms with Crippen LogP contribution >= 0.6 is 0 Å². The maximum atomic E-state index is 12.0. The standard InChI is InChI=1S/C17H19N3O4/c1-2-6-13(11-21)19-16(22)10-18-17(23)14-9-15(24-20-14)12-7-4-3-5-8-12/h2-5,7-9,13,21H,1,6,10-11H2,(H,18,23)(H,19,22)/t13-/m1/s1. The van der Waals surface area contributed by atoms with E-state index in [9.17, 15) is 9.59 Å². The van der Waals surface area contributed by atoms with Gasteiger partial charge in [0.2, 0.25) is 5.91 Å². The molecule has 0 saturated heterocycles. The van der Waals surface area contributed by atoms with E-state index in [0.717, 1.165) is 5.56 Å². The highest BCUT2D eigenvalue weighted by Gasteiger charge is 2.15.